The van der Waals surface area contributed by atoms with E-state index in [1.165, 1.54) is 0 Å². The maximum absolute atomic E-state index is 12.3. The summed E-state index contributed by atoms with van der Waals surface area (Å²) in [5.74, 6) is 1.51. The summed E-state index contributed by atoms with van der Waals surface area (Å²) >= 11 is 0. The molecule has 1 heterocycles. The molecule has 0 radical (unpaired) electrons. The van der Waals surface area contributed by atoms with Crippen molar-refractivity contribution < 1.29 is 9.53 Å². The van der Waals surface area contributed by atoms with E-state index < -0.39 is 0 Å². The number of hydrogen-bond donors (Lipinski definition) is 1. The highest BCUT2D eigenvalue weighted by molar-refractivity contribution is 5.89. The molecule has 1 aliphatic heterocycles. The molecule has 2 aromatic rings. The predicted octanol–water partition coefficient (Wildman–Crippen LogP) is 4.53. The van der Waals surface area contributed by atoms with Gasteiger partial charge in [-0.3, -0.25) is 0 Å². The Balaban J connectivity index is 1.50. The summed E-state index contributed by atoms with van der Waals surface area (Å²) in [5.41, 5.74) is 1.93. The molecule has 126 valence electrons. The first-order valence-corrected chi connectivity index (χ1v) is 8.53. The van der Waals surface area contributed by atoms with Crippen molar-refractivity contribution in [3.05, 3.63) is 60.2 Å². The number of amides is 2. The molecule has 0 spiro atoms. The normalized spacial score (nSPS) is 15.1. The molecule has 1 saturated heterocycles. The van der Waals surface area contributed by atoms with Crippen molar-refractivity contribution in [3.8, 4) is 5.75 Å². The van der Waals surface area contributed by atoms with E-state index >= 15 is 0 Å². The quantitative estimate of drug-likeness (QED) is 0.898. The maximum Gasteiger partial charge on any atom is 0.321 e. The molecule has 0 atom stereocenters. The maximum atomic E-state index is 12.3. The van der Waals surface area contributed by atoms with Crippen LogP contribution in [0, 0.1) is 5.92 Å². The Kier molecular flexibility index (Phi) is 5.36. The number of nitrogens with zero attached hydrogens (tertiary/aromatic N) is 1. The van der Waals surface area contributed by atoms with Crippen LogP contribution in [0.1, 0.15) is 25.3 Å². The topological polar surface area (TPSA) is 41.6 Å². The Bertz CT molecular complexity index is 647. The third kappa shape index (κ3) is 4.51. The van der Waals surface area contributed by atoms with Gasteiger partial charge in [0.1, 0.15) is 12.4 Å². The van der Waals surface area contributed by atoms with Gasteiger partial charge in [-0.15, -0.1) is 0 Å². The van der Waals surface area contributed by atoms with Crippen LogP contribution < -0.4 is 10.1 Å². The number of likely N-dealkylation sites (tertiary alicyclic amines) is 1. The number of piperidine rings is 1. The number of carbonyl (C=O) groups is 1. The van der Waals surface area contributed by atoms with Crippen molar-refractivity contribution in [1.29, 1.82) is 0 Å². The molecule has 1 fully saturated rings. The van der Waals surface area contributed by atoms with E-state index in [0.717, 1.165) is 48.8 Å². The minimum Gasteiger partial charge on any atom is -0.489 e. The second kappa shape index (κ2) is 7.86. The molecule has 4 nitrogen and oxygen atoms in total. The number of nitrogens with one attached hydrogen (secondary N) is 1. The zero-order chi connectivity index (χ0) is 16.8. The molecule has 0 unspecified atom stereocenters. The van der Waals surface area contributed by atoms with Crippen molar-refractivity contribution in [3.63, 3.8) is 0 Å². The Labute approximate surface area is 143 Å². The number of benzene rings is 2. The fraction of sp³-hybridized carbons (Fsp3) is 0.350. The lowest BCUT2D eigenvalue weighted by Gasteiger charge is -2.30. The number of carbonyl (C=O) groups excluding carboxylic acids is 1. The Hall–Kier alpha value is -2.49. The van der Waals surface area contributed by atoms with Crippen LogP contribution in [0.25, 0.3) is 0 Å². The highest BCUT2D eigenvalue weighted by Gasteiger charge is 2.20. The van der Waals surface area contributed by atoms with Crippen molar-refractivity contribution in [2.24, 2.45) is 5.92 Å². The average Bonchev–Trinajstić information content (AvgIpc) is 2.62. The van der Waals surface area contributed by atoms with Gasteiger partial charge in [0.2, 0.25) is 0 Å². The minimum absolute atomic E-state index is 0.0140. The number of urea groups is 1. The monoisotopic (exact) mass is 324 g/mol. The van der Waals surface area contributed by atoms with E-state index in [1.54, 1.807) is 0 Å². The summed E-state index contributed by atoms with van der Waals surface area (Å²) < 4.78 is 5.76. The smallest absolute Gasteiger partial charge is 0.321 e. The molecule has 1 N–H and O–H groups in total. The van der Waals surface area contributed by atoms with Crippen LogP contribution in [-0.2, 0) is 6.61 Å². The fourth-order valence-corrected chi connectivity index (χ4v) is 2.79. The standard InChI is InChI=1S/C20H24N2O2/c1-16-11-13-22(14-12-16)20(23)21-18-7-9-19(10-8-18)24-15-17-5-3-2-4-6-17/h2-10,16H,11-15H2,1H3,(H,21,23). The average molecular weight is 324 g/mol. The van der Waals surface area contributed by atoms with Crippen LogP contribution >= 0.6 is 0 Å². The molecule has 1 aliphatic rings. The summed E-state index contributed by atoms with van der Waals surface area (Å²) in [6, 6.07) is 17.6. The van der Waals surface area contributed by atoms with Crippen LogP contribution in [0.3, 0.4) is 0 Å². The summed E-state index contributed by atoms with van der Waals surface area (Å²) in [7, 11) is 0. The SMILES string of the molecule is CC1CCN(C(=O)Nc2ccc(OCc3ccccc3)cc2)CC1. The van der Waals surface area contributed by atoms with E-state index in [1.807, 2.05) is 59.5 Å². The molecule has 4 heteroatoms. The van der Waals surface area contributed by atoms with Crippen molar-refractivity contribution in [2.45, 2.75) is 26.4 Å². The van der Waals surface area contributed by atoms with Crippen molar-refractivity contribution >= 4 is 11.7 Å². The van der Waals surface area contributed by atoms with Gasteiger partial charge in [-0.25, -0.2) is 4.79 Å². The highest BCUT2D eigenvalue weighted by atomic mass is 16.5. The van der Waals surface area contributed by atoms with Gasteiger partial charge < -0.3 is 15.0 Å². The lowest BCUT2D eigenvalue weighted by Crippen LogP contribution is -2.40. The largest absolute Gasteiger partial charge is 0.489 e. The van der Waals surface area contributed by atoms with Gasteiger partial charge in [-0.1, -0.05) is 37.3 Å². The molecule has 0 bridgehead atoms. The number of ether oxygens (including phenoxy) is 1. The van der Waals surface area contributed by atoms with Crippen molar-refractivity contribution in [2.75, 3.05) is 18.4 Å². The summed E-state index contributed by atoms with van der Waals surface area (Å²) in [6.07, 6.45) is 2.17. The van der Waals surface area contributed by atoms with Gasteiger partial charge in [0.15, 0.2) is 0 Å². The van der Waals surface area contributed by atoms with E-state index in [0.29, 0.717) is 6.61 Å². The molecule has 2 amide bonds. The first-order valence-electron chi connectivity index (χ1n) is 8.53. The minimum atomic E-state index is -0.0140. The molecular formula is C20H24N2O2. The van der Waals surface area contributed by atoms with Crippen molar-refractivity contribution in [1.82, 2.24) is 4.90 Å². The van der Waals surface area contributed by atoms with Crippen LogP contribution in [0.2, 0.25) is 0 Å². The number of hydrogen-bond acceptors (Lipinski definition) is 2. The molecule has 0 saturated carbocycles. The van der Waals surface area contributed by atoms with Crippen LogP contribution in [0.15, 0.2) is 54.6 Å². The number of anilines is 1. The molecule has 2 aromatic carbocycles. The lowest BCUT2D eigenvalue weighted by atomic mass is 10.00. The first kappa shape index (κ1) is 16.4. The molecule has 3 rings (SSSR count). The molecular weight excluding hydrogens is 300 g/mol. The molecule has 0 aromatic heterocycles. The first-order chi connectivity index (χ1) is 11.7. The van der Waals surface area contributed by atoms with E-state index in [-0.39, 0.29) is 6.03 Å². The Morgan fingerprint density at radius 1 is 1.08 bits per heavy atom. The van der Waals surface area contributed by atoms with E-state index in [9.17, 15) is 4.79 Å². The van der Waals surface area contributed by atoms with E-state index in [2.05, 4.69) is 12.2 Å². The zero-order valence-electron chi connectivity index (χ0n) is 14.1. The second-order valence-electron chi connectivity index (χ2n) is 6.40. The highest BCUT2D eigenvalue weighted by Crippen LogP contribution is 2.19. The molecule has 0 aliphatic carbocycles. The van der Waals surface area contributed by atoms with Crippen LogP contribution in [0.5, 0.6) is 5.75 Å². The summed E-state index contributed by atoms with van der Waals surface area (Å²) in [4.78, 5) is 14.1. The number of rotatable bonds is 4. The predicted molar refractivity (Wildman–Crippen MR) is 96.2 cm³/mol. The Morgan fingerprint density at radius 3 is 2.42 bits per heavy atom. The van der Waals surface area contributed by atoms with Crippen LogP contribution in [-0.4, -0.2) is 24.0 Å². The summed E-state index contributed by atoms with van der Waals surface area (Å²) in [6.45, 7) is 4.46. The Morgan fingerprint density at radius 2 is 1.75 bits per heavy atom. The van der Waals surface area contributed by atoms with E-state index in [4.69, 9.17) is 4.74 Å². The van der Waals surface area contributed by atoms with Gasteiger partial charge in [0, 0.05) is 18.8 Å². The lowest BCUT2D eigenvalue weighted by molar-refractivity contribution is 0.186. The van der Waals surface area contributed by atoms with Gasteiger partial charge in [0.25, 0.3) is 0 Å². The fourth-order valence-electron chi connectivity index (χ4n) is 2.79. The zero-order valence-corrected chi connectivity index (χ0v) is 14.1. The third-order valence-electron chi connectivity index (χ3n) is 4.42. The van der Waals surface area contributed by atoms with Crippen LogP contribution in [0.4, 0.5) is 10.5 Å². The van der Waals surface area contributed by atoms with Gasteiger partial charge >= 0.3 is 6.03 Å². The van der Waals surface area contributed by atoms with Gasteiger partial charge in [-0.05, 0) is 48.6 Å². The van der Waals surface area contributed by atoms with Gasteiger partial charge in [0.05, 0.1) is 0 Å². The molecule has 24 heavy (non-hydrogen) atoms. The third-order valence-corrected chi connectivity index (χ3v) is 4.42. The summed E-state index contributed by atoms with van der Waals surface area (Å²) in [5, 5.41) is 2.96. The van der Waals surface area contributed by atoms with Gasteiger partial charge in [-0.2, -0.15) is 0 Å². The second-order valence-corrected chi connectivity index (χ2v) is 6.40.